The second kappa shape index (κ2) is 3.09. The highest BCUT2D eigenvalue weighted by molar-refractivity contribution is 14.1. The normalized spacial score (nSPS) is 38.5. The monoisotopic (exact) mass is 253 g/mol. The summed E-state index contributed by atoms with van der Waals surface area (Å²) < 4.78 is 0.478. The fourth-order valence-corrected chi connectivity index (χ4v) is 1.56. The standard InChI is InChI=1S/C7H12INO/c1-7(8)4-6(7)2-3-9-5-10/h2-3,6,9-10H,4-5H2,1H3/b3-2-/t6-,7?/m1/s1. The van der Waals surface area contributed by atoms with Gasteiger partial charge in [-0.1, -0.05) is 28.7 Å². The number of nitrogens with one attached hydrogen (secondary N) is 1. The number of allylic oxidation sites excluding steroid dienone is 1. The molecular formula is C7H12INO. The molecule has 0 amide bonds. The van der Waals surface area contributed by atoms with Crippen molar-refractivity contribution in [2.24, 2.45) is 5.92 Å². The van der Waals surface area contributed by atoms with E-state index in [4.69, 9.17) is 5.11 Å². The fraction of sp³-hybridized carbons (Fsp3) is 0.714. The van der Waals surface area contributed by atoms with Crippen LogP contribution in [0.2, 0.25) is 0 Å². The Hall–Kier alpha value is 0.230. The molecule has 10 heavy (non-hydrogen) atoms. The van der Waals surface area contributed by atoms with Crippen LogP contribution in [-0.4, -0.2) is 15.3 Å². The Labute approximate surface area is 74.8 Å². The third kappa shape index (κ3) is 2.12. The van der Waals surface area contributed by atoms with Crippen molar-refractivity contribution in [1.29, 1.82) is 0 Å². The molecule has 1 saturated carbocycles. The van der Waals surface area contributed by atoms with E-state index in [1.807, 2.05) is 6.20 Å². The first-order valence-corrected chi connectivity index (χ1v) is 4.44. The Kier molecular flexibility index (Phi) is 2.57. The lowest BCUT2D eigenvalue weighted by Crippen LogP contribution is -2.05. The summed E-state index contributed by atoms with van der Waals surface area (Å²) in [5, 5.41) is 11.1. The molecule has 0 bridgehead atoms. The SMILES string of the molecule is CC1(I)C[C@H]1/C=C\NCO. The molecule has 0 saturated heterocycles. The number of hydrogen-bond donors (Lipinski definition) is 2. The van der Waals surface area contributed by atoms with Gasteiger partial charge in [-0.05, 0) is 25.5 Å². The van der Waals surface area contributed by atoms with E-state index in [-0.39, 0.29) is 6.73 Å². The molecule has 58 valence electrons. The number of alkyl halides is 1. The summed E-state index contributed by atoms with van der Waals surface area (Å²) in [6, 6.07) is 0. The van der Waals surface area contributed by atoms with Crippen molar-refractivity contribution in [3.05, 3.63) is 12.3 Å². The van der Waals surface area contributed by atoms with E-state index >= 15 is 0 Å². The molecule has 1 aliphatic rings. The van der Waals surface area contributed by atoms with Crippen LogP contribution in [0.5, 0.6) is 0 Å². The van der Waals surface area contributed by atoms with Crippen molar-refractivity contribution in [2.45, 2.75) is 16.8 Å². The van der Waals surface area contributed by atoms with Crippen LogP contribution in [-0.2, 0) is 0 Å². The largest absolute Gasteiger partial charge is 0.377 e. The molecule has 1 fully saturated rings. The lowest BCUT2D eigenvalue weighted by molar-refractivity contribution is 0.279. The zero-order chi connectivity index (χ0) is 7.61. The summed E-state index contributed by atoms with van der Waals surface area (Å²) in [6.07, 6.45) is 5.20. The summed E-state index contributed by atoms with van der Waals surface area (Å²) >= 11 is 2.46. The number of halogens is 1. The maximum absolute atomic E-state index is 8.37. The van der Waals surface area contributed by atoms with Gasteiger partial charge in [-0.2, -0.15) is 0 Å². The lowest BCUT2D eigenvalue weighted by atomic mass is 10.3. The summed E-state index contributed by atoms with van der Waals surface area (Å²) in [7, 11) is 0. The highest BCUT2D eigenvalue weighted by Gasteiger charge is 2.45. The fourth-order valence-electron chi connectivity index (χ4n) is 0.877. The van der Waals surface area contributed by atoms with Gasteiger partial charge in [0.1, 0.15) is 6.73 Å². The van der Waals surface area contributed by atoms with Crippen LogP contribution in [0.25, 0.3) is 0 Å². The predicted molar refractivity (Wildman–Crippen MR) is 49.9 cm³/mol. The summed E-state index contributed by atoms with van der Waals surface area (Å²) in [5.41, 5.74) is 0. The molecule has 0 radical (unpaired) electrons. The molecule has 2 nitrogen and oxygen atoms in total. The Bertz CT molecular complexity index is 145. The van der Waals surface area contributed by atoms with Crippen LogP contribution in [0.4, 0.5) is 0 Å². The quantitative estimate of drug-likeness (QED) is 0.450. The van der Waals surface area contributed by atoms with E-state index < -0.39 is 0 Å². The van der Waals surface area contributed by atoms with E-state index in [0.29, 0.717) is 9.34 Å². The van der Waals surface area contributed by atoms with Gasteiger partial charge >= 0.3 is 0 Å². The highest BCUT2D eigenvalue weighted by atomic mass is 127. The molecule has 2 atom stereocenters. The van der Waals surface area contributed by atoms with Crippen molar-refractivity contribution in [3.8, 4) is 0 Å². The first-order chi connectivity index (χ1) is 4.67. The molecule has 0 heterocycles. The average Bonchev–Trinajstić information content (AvgIpc) is 2.41. The zero-order valence-corrected chi connectivity index (χ0v) is 8.13. The van der Waals surface area contributed by atoms with Crippen LogP contribution in [0.15, 0.2) is 12.3 Å². The minimum absolute atomic E-state index is 0.0289. The van der Waals surface area contributed by atoms with Crippen molar-refractivity contribution < 1.29 is 5.11 Å². The van der Waals surface area contributed by atoms with Gasteiger partial charge in [0.05, 0.1) is 0 Å². The number of hydrogen-bond acceptors (Lipinski definition) is 2. The van der Waals surface area contributed by atoms with Crippen molar-refractivity contribution in [1.82, 2.24) is 5.32 Å². The minimum Gasteiger partial charge on any atom is -0.377 e. The molecular weight excluding hydrogens is 241 g/mol. The van der Waals surface area contributed by atoms with E-state index in [2.05, 4.69) is 40.9 Å². The second-order valence-electron chi connectivity index (χ2n) is 2.81. The summed E-state index contributed by atoms with van der Waals surface area (Å²) in [4.78, 5) is 0. The van der Waals surface area contributed by atoms with Gasteiger partial charge in [-0.3, -0.25) is 0 Å². The molecule has 3 heteroatoms. The van der Waals surface area contributed by atoms with E-state index in [1.54, 1.807) is 0 Å². The van der Waals surface area contributed by atoms with Gasteiger partial charge in [-0.25, -0.2) is 0 Å². The molecule has 2 N–H and O–H groups in total. The van der Waals surface area contributed by atoms with Gasteiger partial charge in [0.15, 0.2) is 0 Å². The smallest absolute Gasteiger partial charge is 0.112 e. The van der Waals surface area contributed by atoms with Crippen molar-refractivity contribution >= 4 is 22.6 Å². The van der Waals surface area contributed by atoms with E-state index in [9.17, 15) is 0 Å². The summed E-state index contributed by atoms with van der Waals surface area (Å²) in [5.74, 6) is 0.701. The van der Waals surface area contributed by atoms with E-state index in [0.717, 1.165) is 0 Å². The van der Waals surface area contributed by atoms with Crippen LogP contribution >= 0.6 is 22.6 Å². The average molecular weight is 253 g/mol. The Morgan fingerprint density at radius 1 is 1.90 bits per heavy atom. The molecule has 1 unspecified atom stereocenters. The van der Waals surface area contributed by atoms with Crippen LogP contribution in [0.3, 0.4) is 0 Å². The first kappa shape index (κ1) is 8.33. The van der Waals surface area contributed by atoms with E-state index in [1.165, 1.54) is 6.42 Å². The van der Waals surface area contributed by atoms with Gasteiger partial charge in [-0.15, -0.1) is 0 Å². The first-order valence-electron chi connectivity index (χ1n) is 3.36. The maximum atomic E-state index is 8.37. The lowest BCUT2D eigenvalue weighted by Gasteiger charge is -1.94. The maximum Gasteiger partial charge on any atom is 0.112 e. The van der Waals surface area contributed by atoms with Gasteiger partial charge in [0, 0.05) is 3.42 Å². The molecule has 0 aromatic rings. The minimum atomic E-state index is 0.0289. The Morgan fingerprint density at radius 2 is 2.50 bits per heavy atom. The molecule has 1 aliphatic carbocycles. The van der Waals surface area contributed by atoms with Gasteiger partial charge in [0.25, 0.3) is 0 Å². The number of rotatable bonds is 3. The second-order valence-corrected chi connectivity index (χ2v) is 5.27. The third-order valence-corrected chi connectivity index (χ3v) is 3.01. The van der Waals surface area contributed by atoms with Gasteiger partial charge in [0.2, 0.25) is 0 Å². The van der Waals surface area contributed by atoms with Gasteiger partial charge < -0.3 is 10.4 Å². The van der Waals surface area contributed by atoms with Crippen molar-refractivity contribution in [3.63, 3.8) is 0 Å². The van der Waals surface area contributed by atoms with Crippen molar-refractivity contribution in [2.75, 3.05) is 6.73 Å². The van der Waals surface area contributed by atoms with Crippen LogP contribution in [0.1, 0.15) is 13.3 Å². The molecule has 0 spiro atoms. The Morgan fingerprint density at radius 3 is 2.90 bits per heavy atom. The summed E-state index contributed by atoms with van der Waals surface area (Å²) in [6.45, 7) is 2.27. The zero-order valence-electron chi connectivity index (χ0n) is 5.97. The Balaban J connectivity index is 2.17. The van der Waals surface area contributed by atoms with Crippen LogP contribution in [0, 0.1) is 5.92 Å². The highest BCUT2D eigenvalue weighted by Crippen LogP contribution is 2.51. The molecule has 0 aromatic carbocycles. The number of aliphatic hydroxyl groups is 1. The predicted octanol–water partition coefficient (Wildman–Crippen LogP) is 1.25. The van der Waals surface area contributed by atoms with Crippen LogP contribution < -0.4 is 5.32 Å². The molecule has 1 rings (SSSR count). The molecule has 0 aliphatic heterocycles. The number of aliphatic hydroxyl groups excluding tert-OH is 1. The third-order valence-electron chi connectivity index (χ3n) is 1.77. The molecule has 0 aromatic heterocycles. The topological polar surface area (TPSA) is 32.3 Å².